The minimum Gasteiger partial charge on any atom is -0.359 e. The first kappa shape index (κ1) is 20.4. The van der Waals surface area contributed by atoms with Crippen molar-refractivity contribution in [1.82, 2.24) is 5.32 Å². The summed E-state index contributed by atoms with van der Waals surface area (Å²) in [5.74, 6) is -0.136. The number of carbonyl (C=O) groups excluding carboxylic acids is 2. The minimum atomic E-state index is -0.858. The van der Waals surface area contributed by atoms with Crippen molar-refractivity contribution in [3.63, 3.8) is 0 Å². The highest BCUT2D eigenvalue weighted by molar-refractivity contribution is 9.10. The molecule has 1 N–H and O–H groups in total. The summed E-state index contributed by atoms with van der Waals surface area (Å²) in [6.45, 7) is 8.56. The summed E-state index contributed by atoms with van der Waals surface area (Å²) in [6, 6.07) is 5.89. The summed E-state index contributed by atoms with van der Waals surface area (Å²) >= 11 is 3.51. The monoisotopic (exact) mass is 418 g/mol. The molecule has 0 spiro atoms. The average molecular weight is 419 g/mol. The van der Waals surface area contributed by atoms with Gasteiger partial charge in [-0.25, -0.2) is 0 Å². The Bertz CT molecular complexity index is 774. The van der Waals surface area contributed by atoms with Gasteiger partial charge < -0.3 is 10.2 Å². The highest BCUT2D eigenvalue weighted by Gasteiger charge is 2.50. The zero-order valence-corrected chi connectivity index (χ0v) is 17.7. The fraction of sp³-hybridized carbons (Fsp3) is 0.429. The fourth-order valence-corrected chi connectivity index (χ4v) is 3.60. The van der Waals surface area contributed by atoms with Crippen LogP contribution in [0.2, 0.25) is 0 Å². The van der Waals surface area contributed by atoms with Crippen LogP contribution in [0.3, 0.4) is 0 Å². The summed E-state index contributed by atoms with van der Waals surface area (Å²) in [5.41, 5.74) is 3.24. The molecular formula is C21H27BrN2O2. The van der Waals surface area contributed by atoms with Crippen LogP contribution in [0.1, 0.15) is 46.1 Å². The van der Waals surface area contributed by atoms with Crippen LogP contribution < -0.4 is 10.2 Å². The molecule has 0 aromatic heterocycles. The second-order valence-corrected chi connectivity index (χ2v) is 8.19. The van der Waals surface area contributed by atoms with Gasteiger partial charge in [0.05, 0.1) is 5.41 Å². The van der Waals surface area contributed by atoms with Crippen molar-refractivity contribution in [3.05, 3.63) is 51.5 Å². The largest absolute Gasteiger partial charge is 0.359 e. The van der Waals surface area contributed by atoms with Gasteiger partial charge in [-0.2, -0.15) is 0 Å². The van der Waals surface area contributed by atoms with E-state index in [0.29, 0.717) is 13.0 Å². The van der Waals surface area contributed by atoms with Crippen molar-refractivity contribution in [2.24, 2.45) is 0 Å². The number of halogens is 1. The van der Waals surface area contributed by atoms with Crippen LogP contribution in [0.5, 0.6) is 0 Å². The van der Waals surface area contributed by atoms with Gasteiger partial charge in [0.1, 0.15) is 0 Å². The van der Waals surface area contributed by atoms with Crippen LogP contribution >= 0.6 is 15.9 Å². The number of benzene rings is 1. The highest BCUT2D eigenvalue weighted by atomic mass is 79.9. The Labute approximate surface area is 164 Å². The number of allylic oxidation sites excluding steroid dienone is 3. The molecule has 2 rings (SSSR count). The molecule has 1 aromatic rings. The van der Waals surface area contributed by atoms with Crippen LogP contribution in [0, 0.1) is 0 Å². The molecule has 0 saturated carbocycles. The lowest BCUT2D eigenvalue weighted by atomic mass is 9.75. The van der Waals surface area contributed by atoms with Crippen LogP contribution in [0.25, 0.3) is 0 Å². The second-order valence-electron chi connectivity index (χ2n) is 7.28. The zero-order chi connectivity index (χ0) is 19.5. The van der Waals surface area contributed by atoms with Gasteiger partial charge in [-0.15, -0.1) is 0 Å². The number of rotatable bonds is 6. The van der Waals surface area contributed by atoms with Crippen molar-refractivity contribution < 1.29 is 9.59 Å². The van der Waals surface area contributed by atoms with Crippen molar-refractivity contribution in [3.8, 4) is 0 Å². The van der Waals surface area contributed by atoms with E-state index in [0.717, 1.165) is 26.9 Å². The molecule has 2 amide bonds. The molecule has 140 valence electrons. The van der Waals surface area contributed by atoms with Gasteiger partial charge in [-0.05, 0) is 51.8 Å². The van der Waals surface area contributed by atoms with Gasteiger partial charge in [-0.1, -0.05) is 45.3 Å². The van der Waals surface area contributed by atoms with Crippen molar-refractivity contribution >= 4 is 33.4 Å². The fourth-order valence-electron chi connectivity index (χ4n) is 3.25. The topological polar surface area (TPSA) is 49.4 Å². The van der Waals surface area contributed by atoms with Gasteiger partial charge >= 0.3 is 0 Å². The summed E-state index contributed by atoms with van der Waals surface area (Å²) in [5, 5.41) is 2.68. The van der Waals surface area contributed by atoms with Crippen molar-refractivity contribution in [2.75, 3.05) is 18.5 Å². The van der Waals surface area contributed by atoms with E-state index in [2.05, 4.69) is 27.3 Å². The number of amides is 2. The quantitative estimate of drug-likeness (QED) is 0.691. The van der Waals surface area contributed by atoms with Gasteiger partial charge in [0.2, 0.25) is 11.8 Å². The molecular weight excluding hydrogens is 392 g/mol. The Hall–Kier alpha value is -1.88. The summed E-state index contributed by atoms with van der Waals surface area (Å²) in [4.78, 5) is 27.6. The molecule has 0 radical (unpaired) electrons. The lowest BCUT2D eigenvalue weighted by Gasteiger charge is -2.27. The van der Waals surface area contributed by atoms with Crippen LogP contribution in [0.4, 0.5) is 5.69 Å². The second kappa shape index (κ2) is 8.21. The molecule has 0 unspecified atom stereocenters. The van der Waals surface area contributed by atoms with E-state index in [-0.39, 0.29) is 18.2 Å². The van der Waals surface area contributed by atoms with E-state index in [1.54, 1.807) is 11.9 Å². The Kier molecular flexibility index (Phi) is 6.45. The maximum Gasteiger partial charge on any atom is 0.238 e. The Balaban J connectivity index is 2.62. The maximum absolute atomic E-state index is 13.5. The molecule has 26 heavy (non-hydrogen) atoms. The minimum absolute atomic E-state index is 0.01000. The molecule has 1 atom stereocenters. The van der Waals surface area contributed by atoms with Crippen LogP contribution in [-0.2, 0) is 15.0 Å². The molecule has 0 bridgehead atoms. The van der Waals surface area contributed by atoms with Crippen molar-refractivity contribution in [1.29, 1.82) is 0 Å². The third kappa shape index (κ3) is 4.09. The first-order valence-corrected chi connectivity index (χ1v) is 9.60. The first-order valence-electron chi connectivity index (χ1n) is 8.80. The summed E-state index contributed by atoms with van der Waals surface area (Å²) in [7, 11) is 1.61. The molecule has 5 heteroatoms. The van der Waals surface area contributed by atoms with E-state index in [1.165, 1.54) is 0 Å². The number of hydrogen-bond donors (Lipinski definition) is 1. The Morgan fingerprint density at radius 3 is 2.42 bits per heavy atom. The summed E-state index contributed by atoms with van der Waals surface area (Å²) < 4.78 is 0.921. The molecule has 0 saturated heterocycles. The SMILES string of the molecule is CNC(=O)C[C@@]1(CC=C(C)C)C(=O)N(CC=C(C)C)c2cc(Br)ccc21. The zero-order valence-electron chi connectivity index (χ0n) is 16.1. The lowest BCUT2D eigenvalue weighted by molar-refractivity contribution is -0.129. The van der Waals surface area contributed by atoms with Gasteiger partial charge in [0, 0.05) is 30.2 Å². The molecule has 4 nitrogen and oxygen atoms in total. The summed E-state index contributed by atoms with van der Waals surface area (Å²) in [6.07, 6.45) is 4.75. The molecule has 0 aliphatic carbocycles. The predicted octanol–water partition coefficient (Wildman–Crippen LogP) is 4.49. The number of fused-ring (bicyclic) bond motifs is 1. The highest BCUT2D eigenvalue weighted by Crippen LogP contribution is 2.47. The van der Waals surface area contributed by atoms with E-state index < -0.39 is 5.41 Å². The van der Waals surface area contributed by atoms with E-state index in [1.807, 2.05) is 52.0 Å². The van der Waals surface area contributed by atoms with Crippen LogP contribution in [0.15, 0.2) is 46.0 Å². The molecule has 1 aliphatic rings. The molecule has 1 aromatic carbocycles. The number of carbonyl (C=O) groups is 2. The van der Waals surface area contributed by atoms with Crippen LogP contribution in [-0.4, -0.2) is 25.4 Å². The standard InChI is InChI=1S/C21H27BrN2O2/c1-14(2)8-10-21(13-19(25)23-5)17-7-6-16(22)12-18(17)24(20(21)26)11-9-15(3)4/h6-9,12H,10-11,13H2,1-5H3,(H,23,25)/t21-/m1/s1. The number of anilines is 1. The molecule has 0 fully saturated rings. The predicted molar refractivity (Wildman–Crippen MR) is 110 cm³/mol. The average Bonchev–Trinajstić information content (AvgIpc) is 2.79. The van der Waals surface area contributed by atoms with Gasteiger partial charge in [0.25, 0.3) is 0 Å². The number of nitrogens with zero attached hydrogens (tertiary/aromatic N) is 1. The third-order valence-electron chi connectivity index (χ3n) is 4.70. The van der Waals surface area contributed by atoms with E-state index in [4.69, 9.17) is 0 Å². The smallest absolute Gasteiger partial charge is 0.238 e. The van der Waals surface area contributed by atoms with Gasteiger partial charge in [0.15, 0.2) is 0 Å². The van der Waals surface area contributed by atoms with E-state index in [9.17, 15) is 9.59 Å². The maximum atomic E-state index is 13.5. The van der Waals surface area contributed by atoms with Crippen molar-refractivity contribution in [2.45, 2.75) is 46.0 Å². The lowest BCUT2D eigenvalue weighted by Crippen LogP contribution is -2.43. The Morgan fingerprint density at radius 2 is 1.85 bits per heavy atom. The number of hydrogen-bond acceptors (Lipinski definition) is 2. The first-order chi connectivity index (χ1) is 12.2. The number of nitrogens with one attached hydrogen (secondary N) is 1. The van der Waals surface area contributed by atoms with Gasteiger partial charge in [-0.3, -0.25) is 9.59 Å². The third-order valence-corrected chi connectivity index (χ3v) is 5.20. The molecule has 1 heterocycles. The Morgan fingerprint density at radius 1 is 1.19 bits per heavy atom. The molecule has 1 aliphatic heterocycles. The van der Waals surface area contributed by atoms with E-state index >= 15 is 0 Å². The normalized spacial score (nSPS) is 18.4.